The molecule has 2 aromatic heterocycles. The maximum atomic E-state index is 5.77. The van der Waals surface area contributed by atoms with E-state index in [4.69, 9.17) is 19.9 Å². The molecule has 0 radical (unpaired) electrons. The van der Waals surface area contributed by atoms with Crippen molar-refractivity contribution in [2.75, 3.05) is 0 Å². The van der Waals surface area contributed by atoms with Crippen LogP contribution in [0, 0.1) is 0 Å². The fraction of sp³-hybridized carbons (Fsp3) is 0.229. The van der Waals surface area contributed by atoms with Crippen LogP contribution in [0.15, 0.2) is 182 Å². The van der Waals surface area contributed by atoms with Crippen LogP contribution in [-0.4, -0.2) is 19.9 Å². The molecule has 362 valence electrons. The molecule has 0 bridgehead atoms. The topological polar surface area (TPSA) is 51.6 Å². The number of nitrogens with zero attached hydrogens (tertiary/aromatic N) is 4. The Hall–Kier alpha value is -7.82. The third kappa shape index (κ3) is 7.39. The van der Waals surface area contributed by atoms with Crippen LogP contribution >= 0.6 is 0 Å². The summed E-state index contributed by atoms with van der Waals surface area (Å²) in [7, 11) is 0. The number of hydrogen-bond acceptors (Lipinski definition) is 4. The molecule has 0 atom stereocenters. The fourth-order valence-corrected chi connectivity index (χ4v) is 13.0. The maximum Gasteiger partial charge on any atom is 0.164 e. The van der Waals surface area contributed by atoms with Gasteiger partial charge in [-0.2, -0.15) is 0 Å². The van der Waals surface area contributed by atoms with Gasteiger partial charge in [-0.1, -0.05) is 230 Å². The maximum absolute atomic E-state index is 5.77. The summed E-state index contributed by atoms with van der Waals surface area (Å²) in [4.78, 5) is 22.1. The average molecular weight is 959 g/mol. The van der Waals surface area contributed by atoms with Gasteiger partial charge in [0, 0.05) is 33.1 Å². The Kier molecular flexibility index (Phi) is 11.6. The van der Waals surface area contributed by atoms with E-state index >= 15 is 0 Å². The van der Waals surface area contributed by atoms with Gasteiger partial charge in [0.1, 0.15) is 0 Å². The van der Waals surface area contributed by atoms with E-state index < -0.39 is 5.41 Å². The number of benzene rings is 8. The van der Waals surface area contributed by atoms with E-state index in [9.17, 15) is 0 Å². The molecule has 0 amide bonds. The van der Waals surface area contributed by atoms with Gasteiger partial charge in [-0.15, -0.1) is 0 Å². The number of fused-ring (bicyclic) bond motifs is 14. The van der Waals surface area contributed by atoms with E-state index in [1.54, 1.807) is 0 Å². The summed E-state index contributed by atoms with van der Waals surface area (Å²) in [5, 5.41) is 1.02. The number of aromatic nitrogens is 4. The van der Waals surface area contributed by atoms with Gasteiger partial charge in [0.25, 0.3) is 0 Å². The zero-order chi connectivity index (χ0) is 50.0. The largest absolute Gasteiger partial charge is 0.248 e. The van der Waals surface area contributed by atoms with Gasteiger partial charge in [0.2, 0.25) is 0 Å². The molecule has 4 nitrogen and oxygen atoms in total. The Morgan fingerprint density at radius 2 is 0.824 bits per heavy atom. The first-order valence-corrected chi connectivity index (χ1v) is 27.3. The number of aryl methyl sites for hydroxylation is 2. The normalized spacial score (nSPS) is 13.9. The summed E-state index contributed by atoms with van der Waals surface area (Å²) < 4.78 is 0. The van der Waals surface area contributed by atoms with Crippen molar-refractivity contribution in [1.29, 1.82) is 0 Å². The molecule has 8 aromatic carbocycles. The fourth-order valence-electron chi connectivity index (χ4n) is 13.0. The molecule has 13 rings (SSSR count). The first-order valence-electron chi connectivity index (χ1n) is 27.3. The quantitative estimate of drug-likeness (QED) is 0.102. The van der Waals surface area contributed by atoms with Gasteiger partial charge >= 0.3 is 0 Å². The highest BCUT2D eigenvalue weighted by atomic mass is 15.0. The van der Waals surface area contributed by atoms with Crippen LogP contribution in [0.2, 0.25) is 0 Å². The highest BCUT2D eigenvalue weighted by Crippen LogP contribution is 2.64. The van der Waals surface area contributed by atoms with Gasteiger partial charge in [-0.25, -0.2) is 19.9 Å². The van der Waals surface area contributed by atoms with E-state index in [1.807, 2.05) is 0 Å². The van der Waals surface area contributed by atoms with Crippen molar-refractivity contribution >= 4 is 10.9 Å². The number of rotatable bonds is 14. The smallest absolute Gasteiger partial charge is 0.164 e. The summed E-state index contributed by atoms with van der Waals surface area (Å²) >= 11 is 0. The van der Waals surface area contributed by atoms with Gasteiger partial charge in [-0.05, 0) is 122 Å². The summed E-state index contributed by atoms with van der Waals surface area (Å²) in [6.45, 7) is 9.24. The molecule has 1 spiro atoms. The Morgan fingerprint density at radius 1 is 0.351 bits per heavy atom. The number of unbranched alkanes of at least 4 members (excludes halogenated alkanes) is 6. The molecule has 0 fully saturated rings. The van der Waals surface area contributed by atoms with Crippen molar-refractivity contribution in [3.63, 3.8) is 0 Å². The van der Waals surface area contributed by atoms with Crippen LogP contribution < -0.4 is 0 Å². The Balaban J connectivity index is 1.04. The Labute approximate surface area is 436 Å². The lowest BCUT2D eigenvalue weighted by Gasteiger charge is -2.30. The zero-order valence-electron chi connectivity index (χ0n) is 43.2. The molecular weight excluding hydrogens is 897 g/mol. The van der Waals surface area contributed by atoms with E-state index in [0.717, 1.165) is 51.7 Å². The minimum atomic E-state index is -0.473. The zero-order valence-corrected chi connectivity index (χ0v) is 43.2. The van der Waals surface area contributed by atoms with Crippen molar-refractivity contribution < 1.29 is 0 Å². The second kappa shape index (κ2) is 18.6. The SMILES string of the molecule is CCCCCCc1ccc(-c2nc(-c3ccc(CCCCCC)cc3)nc(-c3cc(-c4cccc5c4-c4ccccc4C54c5ccccc5-c5ccccc54)nc4cc5c(cc34)-c3ccccc3C5(C)C)n2)cc1. The van der Waals surface area contributed by atoms with Crippen LogP contribution in [0.3, 0.4) is 0 Å². The molecule has 0 saturated carbocycles. The molecular formula is C70H62N4. The summed E-state index contributed by atoms with van der Waals surface area (Å²) in [5.74, 6) is 1.97. The first-order chi connectivity index (χ1) is 36.4. The number of hydrogen-bond donors (Lipinski definition) is 0. The molecule has 0 aliphatic heterocycles. The average Bonchev–Trinajstić information content (AvgIpc) is 4.05. The van der Waals surface area contributed by atoms with E-state index in [1.165, 1.54) is 129 Å². The summed E-state index contributed by atoms with van der Waals surface area (Å²) in [6.07, 6.45) is 12.1. The monoisotopic (exact) mass is 958 g/mol. The molecule has 2 heterocycles. The molecule has 0 saturated heterocycles. The minimum absolute atomic E-state index is 0.210. The second-order valence-electron chi connectivity index (χ2n) is 21.6. The van der Waals surface area contributed by atoms with Crippen molar-refractivity contribution in [3.05, 3.63) is 226 Å². The van der Waals surface area contributed by atoms with Crippen molar-refractivity contribution in [3.8, 4) is 78.8 Å². The van der Waals surface area contributed by atoms with E-state index in [-0.39, 0.29) is 5.41 Å². The highest BCUT2D eigenvalue weighted by Gasteiger charge is 2.52. The molecule has 74 heavy (non-hydrogen) atoms. The lowest BCUT2D eigenvalue weighted by molar-refractivity contribution is 0.661. The predicted octanol–water partition coefficient (Wildman–Crippen LogP) is 18.0. The molecule has 10 aromatic rings. The standard InChI is InChI=1S/C70H62N4/c1-5-7-9-11-22-45-34-38-47(39-35-45)66-72-67(48-40-36-46(37-41-48)23-12-10-8-6-2)74-68(73-66)56-43-63(71-64-44-62-54(42-55(56)64)51-26-13-17-29-57(51)69(62,3)4)53-28-21-33-61-65(53)52-27-16-20-32-60(52)70(61)58-30-18-14-24-49(58)50-25-15-19-31-59(50)70/h13-21,24-44H,5-12,22-23H2,1-4H3. The van der Waals surface area contributed by atoms with Crippen molar-refractivity contribution in [1.82, 2.24) is 19.9 Å². The molecule has 4 heteroatoms. The van der Waals surface area contributed by atoms with Crippen LogP contribution in [-0.2, 0) is 23.7 Å². The van der Waals surface area contributed by atoms with Crippen LogP contribution in [0.5, 0.6) is 0 Å². The molecule has 0 N–H and O–H groups in total. The lowest BCUT2D eigenvalue weighted by Crippen LogP contribution is -2.25. The third-order valence-electron chi connectivity index (χ3n) is 16.7. The molecule has 3 aliphatic carbocycles. The summed E-state index contributed by atoms with van der Waals surface area (Å²) in [6, 6.07) is 67.8. The Bertz CT molecular complexity index is 3670. The van der Waals surface area contributed by atoms with E-state index in [2.05, 4.69) is 210 Å². The third-order valence-corrected chi connectivity index (χ3v) is 16.7. The predicted molar refractivity (Wildman–Crippen MR) is 306 cm³/mol. The molecule has 0 unspecified atom stereocenters. The molecule has 3 aliphatic rings. The van der Waals surface area contributed by atoms with Crippen molar-refractivity contribution in [2.24, 2.45) is 0 Å². The van der Waals surface area contributed by atoms with Crippen LogP contribution in [0.4, 0.5) is 0 Å². The second-order valence-corrected chi connectivity index (χ2v) is 21.6. The van der Waals surface area contributed by atoms with Gasteiger partial charge in [0.15, 0.2) is 17.5 Å². The van der Waals surface area contributed by atoms with Gasteiger partial charge < -0.3 is 0 Å². The van der Waals surface area contributed by atoms with Gasteiger partial charge in [0.05, 0.1) is 16.6 Å². The summed E-state index contributed by atoms with van der Waals surface area (Å²) in [5.41, 5.74) is 23.3. The van der Waals surface area contributed by atoms with Crippen LogP contribution in [0.1, 0.15) is 124 Å². The Morgan fingerprint density at radius 3 is 1.39 bits per heavy atom. The van der Waals surface area contributed by atoms with Crippen LogP contribution in [0.25, 0.3) is 89.7 Å². The first kappa shape index (κ1) is 46.0. The van der Waals surface area contributed by atoms with E-state index in [0.29, 0.717) is 17.5 Å². The number of pyridine rings is 1. The lowest BCUT2D eigenvalue weighted by atomic mass is 9.70. The highest BCUT2D eigenvalue weighted by molar-refractivity contribution is 6.04. The van der Waals surface area contributed by atoms with Crippen molar-refractivity contribution in [2.45, 2.75) is 103 Å². The van der Waals surface area contributed by atoms with Gasteiger partial charge in [-0.3, -0.25) is 0 Å². The minimum Gasteiger partial charge on any atom is -0.248 e.